The predicted octanol–water partition coefficient (Wildman–Crippen LogP) is 4.30. The van der Waals surface area contributed by atoms with Gasteiger partial charge in [0, 0.05) is 18.7 Å². The Labute approximate surface area is 191 Å². The molecule has 1 saturated heterocycles. The van der Waals surface area contributed by atoms with E-state index in [2.05, 4.69) is 24.1 Å². The highest BCUT2D eigenvalue weighted by Crippen LogP contribution is 2.36. The van der Waals surface area contributed by atoms with Crippen molar-refractivity contribution < 1.29 is 14.0 Å². The van der Waals surface area contributed by atoms with Crippen molar-refractivity contribution in [3.05, 3.63) is 70.4 Å². The minimum atomic E-state index is -0.371. The monoisotopic (exact) mass is 457 g/mol. The number of hydrogen-bond acceptors (Lipinski definition) is 5. The van der Waals surface area contributed by atoms with Crippen LogP contribution in [-0.2, 0) is 4.79 Å². The van der Waals surface area contributed by atoms with Gasteiger partial charge in [-0.15, -0.1) is 0 Å². The molecule has 1 aliphatic heterocycles. The fourth-order valence-corrected chi connectivity index (χ4v) is 4.49. The van der Waals surface area contributed by atoms with Gasteiger partial charge in [0.1, 0.15) is 5.82 Å². The first-order chi connectivity index (χ1) is 14.9. The Morgan fingerprint density at radius 3 is 2.65 bits per heavy atom. The molecule has 0 spiro atoms. The van der Waals surface area contributed by atoms with Gasteiger partial charge in [0.25, 0.3) is 11.8 Å². The van der Waals surface area contributed by atoms with Crippen LogP contribution in [0.15, 0.2) is 53.4 Å². The zero-order valence-corrected chi connectivity index (χ0v) is 19.1. The van der Waals surface area contributed by atoms with E-state index in [1.165, 1.54) is 17.0 Å². The number of thioether (sulfide) groups is 1. The van der Waals surface area contributed by atoms with Gasteiger partial charge in [-0.3, -0.25) is 14.5 Å². The number of carbonyl (C=O) groups is 2. The number of amides is 2. The second kappa shape index (κ2) is 10.7. The number of carbonyl (C=O) groups excluding carboxylic acids is 2. The Balaban J connectivity index is 1.73. The highest BCUT2D eigenvalue weighted by molar-refractivity contribution is 8.27. The molecule has 1 aliphatic rings. The number of rotatable bonds is 8. The average Bonchev–Trinajstić information content (AvgIpc) is 3.04. The summed E-state index contributed by atoms with van der Waals surface area (Å²) in [7, 11) is 0. The fraction of sp³-hybridized carbons (Fsp3) is 0.261. The van der Waals surface area contributed by atoms with E-state index >= 15 is 0 Å². The summed E-state index contributed by atoms with van der Waals surface area (Å²) in [4.78, 5) is 29.5. The maximum atomic E-state index is 13.5. The largest absolute Gasteiger partial charge is 0.351 e. The fourth-order valence-electron chi connectivity index (χ4n) is 3.19. The molecular weight excluding hydrogens is 433 g/mol. The third kappa shape index (κ3) is 5.78. The molecule has 0 radical (unpaired) electrons. The molecule has 0 unspecified atom stereocenters. The van der Waals surface area contributed by atoms with E-state index < -0.39 is 0 Å². The molecule has 2 aromatic carbocycles. The van der Waals surface area contributed by atoms with Gasteiger partial charge in [-0.2, -0.15) is 0 Å². The van der Waals surface area contributed by atoms with Crippen LogP contribution in [0.25, 0.3) is 6.08 Å². The van der Waals surface area contributed by atoms with Gasteiger partial charge in [-0.05, 0) is 55.1 Å². The van der Waals surface area contributed by atoms with E-state index in [-0.39, 0.29) is 17.6 Å². The van der Waals surface area contributed by atoms with E-state index in [0.717, 1.165) is 31.4 Å². The van der Waals surface area contributed by atoms with Crippen molar-refractivity contribution in [2.45, 2.75) is 13.8 Å². The Bertz CT molecular complexity index is 1020. The lowest BCUT2D eigenvalue weighted by Crippen LogP contribution is -2.35. The molecule has 0 bridgehead atoms. The third-order valence-corrected chi connectivity index (χ3v) is 6.22. The highest BCUT2D eigenvalue weighted by Gasteiger charge is 2.33. The van der Waals surface area contributed by atoms with Crippen molar-refractivity contribution in [2.75, 3.05) is 31.1 Å². The number of benzene rings is 2. The second-order valence-electron chi connectivity index (χ2n) is 6.91. The Hall–Kier alpha value is -2.55. The molecule has 0 atom stereocenters. The quantitative estimate of drug-likeness (QED) is 0.473. The molecule has 2 aromatic rings. The van der Waals surface area contributed by atoms with Gasteiger partial charge in [0.05, 0.1) is 10.6 Å². The van der Waals surface area contributed by atoms with Gasteiger partial charge in [0.2, 0.25) is 0 Å². The zero-order chi connectivity index (χ0) is 22.4. The van der Waals surface area contributed by atoms with Crippen molar-refractivity contribution in [3.8, 4) is 0 Å². The minimum Gasteiger partial charge on any atom is -0.351 e. The van der Waals surface area contributed by atoms with Gasteiger partial charge in [-0.25, -0.2) is 4.39 Å². The summed E-state index contributed by atoms with van der Waals surface area (Å²) in [6, 6.07) is 12.8. The van der Waals surface area contributed by atoms with Gasteiger partial charge < -0.3 is 10.2 Å². The predicted molar refractivity (Wildman–Crippen MR) is 129 cm³/mol. The molecule has 31 heavy (non-hydrogen) atoms. The number of hydrogen-bond donors (Lipinski definition) is 1. The Morgan fingerprint density at radius 1 is 1.19 bits per heavy atom. The molecular formula is C23H24FN3O2S2. The number of thiocarbonyl (C=S) groups is 1. The van der Waals surface area contributed by atoms with Crippen LogP contribution in [0.3, 0.4) is 0 Å². The lowest BCUT2D eigenvalue weighted by molar-refractivity contribution is -0.113. The van der Waals surface area contributed by atoms with Crippen molar-refractivity contribution in [1.82, 2.24) is 10.2 Å². The normalized spacial score (nSPS) is 15.2. The zero-order valence-electron chi connectivity index (χ0n) is 17.4. The van der Waals surface area contributed by atoms with E-state index in [1.54, 1.807) is 42.5 Å². The van der Waals surface area contributed by atoms with E-state index in [0.29, 0.717) is 32.6 Å². The van der Waals surface area contributed by atoms with Gasteiger partial charge >= 0.3 is 0 Å². The molecule has 3 rings (SSSR count). The number of anilines is 1. The van der Waals surface area contributed by atoms with Crippen molar-refractivity contribution in [2.24, 2.45) is 0 Å². The smallest absolute Gasteiger partial charge is 0.270 e. The van der Waals surface area contributed by atoms with Crippen molar-refractivity contribution >= 4 is 51.9 Å². The Morgan fingerprint density at radius 2 is 1.94 bits per heavy atom. The highest BCUT2D eigenvalue weighted by atomic mass is 32.2. The molecule has 0 aromatic heterocycles. The number of likely N-dealkylation sites (N-methyl/N-ethyl adjacent to an activating group) is 1. The summed E-state index contributed by atoms with van der Waals surface area (Å²) < 4.78 is 13.8. The molecule has 1 fully saturated rings. The summed E-state index contributed by atoms with van der Waals surface area (Å²) >= 11 is 6.55. The average molecular weight is 458 g/mol. The molecule has 1 N–H and O–H groups in total. The van der Waals surface area contributed by atoms with Crippen LogP contribution >= 0.6 is 24.0 Å². The van der Waals surface area contributed by atoms with E-state index in [9.17, 15) is 14.0 Å². The molecule has 2 amide bonds. The van der Waals surface area contributed by atoms with Crippen LogP contribution in [0.5, 0.6) is 0 Å². The molecule has 8 heteroatoms. The molecule has 162 valence electrons. The molecule has 5 nitrogen and oxygen atoms in total. The molecule has 1 heterocycles. The SMILES string of the molecule is CCN(CC)CCNC(=O)c1cccc(N2C(=O)/C(=C/c3cccc(F)c3)SC2=S)c1. The van der Waals surface area contributed by atoms with Crippen molar-refractivity contribution in [3.63, 3.8) is 0 Å². The first-order valence-electron chi connectivity index (χ1n) is 10.1. The second-order valence-corrected chi connectivity index (χ2v) is 8.58. The number of nitrogens with one attached hydrogen (secondary N) is 1. The first-order valence-corrected chi connectivity index (χ1v) is 11.3. The lowest BCUT2D eigenvalue weighted by atomic mass is 10.1. The molecule has 0 aliphatic carbocycles. The summed E-state index contributed by atoms with van der Waals surface area (Å²) in [5.74, 6) is -0.864. The summed E-state index contributed by atoms with van der Waals surface area (Å²) in [5.41, 5.74) is 1.57. The standard InChI is InChI=1S/C23H24FN3O2S2/c1-3-26(4-2)12-11-25-21(28)17-8-6-10-19(15-17)27-22(29)20(31-23(27)30)14-16-7-5-9-18(24)13-16/h5-10,13-15H,3-4,11-12H2,1-2H3,(H,25,28)/b20-14-. The van der Waals surface area contributed by atoms with E-state index in [1.807, 2.05) is 0 Å². The van der Waals surface area contributed by atoms with E-state index in [4.69, 9.17) is 12.2 Å². The summed E-state index contributed by atoms with van der Waals surface area (Å²) in [6.07, 6.45) is 1.62. The van der Waals surface area contributed by atoms with Crippen LogP contribution in [0.4, 0.5) is 10.1 Å². The van der Waals surface area contributed by atoms with Gasteiger partial charge in [-0.1, -0.05) is 56.0 Å². The lowest BCUT2D eigenvalue weighted by Gasteiger charge is -2.18. The first kappa shape index (κ1) is 23.1. The van der Waals surface area contributed by atoms with Crippen LogP contribution in [-0.4, -0.2) is 47.2 Å². The maximum Gasteiger partial charge on any atom is 0.270 e. The van der Waals surface area contributed by atoms with Crippen LogP contribution in [0, 0.1) is 5.82 Å². The maximum absolute atomic E-state index is 13.5. The molecule has 0 saturated carbocycles. The minimum absolute atomic E-state index is 0.199. The van der Waals surface area contributed by atoms with Crippen LogP contribution < -0.4 is 10.2 Å². The van der Waals surface area contributed by atoms with Crippen LogP contribution in [0.2, 0.25) is 0 Å². The Kier molecular flexibility index (Phi) is 7.95. The van der Waals surface area contributed by atoms with Gasteiger partial charge in [0.15, 0.2) is 4.32 Å². The van der Waals surface area contributed by atoms with Crippen molar-refractivity contribution in [1.29, 1.82) is 0 Å². The summed E-state index contributed by atoms with van der Waals surface area (Å²) in [5, 5.41) is 2.92. The topological polar surface area (TPSA) is 52.7 Å². The van der Waals surface area contributed by atoms with Crippen LogP contribution in [0.1, 0.15) is 29.8 Å². The third-order valence-electron chi connectivity index (χ3n) is 4.91. The number of nitrogens with zero attached hydrogens (tertiary/aromatic N) is 2. The number of halogens is 1. The summed E-state index contributed by atoms with van der Waals surface area (Å²) in [6.45, 7) is 7.35.